The summed E-state index contributed by atoms with van der Waals surface area (Å²) >= 11 is 0. The van der Waals surface area contributed by atoms with Crippen LogP contribution in [0.3, 0.4) is 0 Å². The first-order valence-corrected chi connectivity index (χ1v) is 4.64. The van der Waals surface area contributed by atoms with Gasteiger partial charge in [-0.3, -0.25) is 0 Å². The van der Waals surface area contributed by atoms with Gasteiger partial charge in [-0.2, -0.15) is 26.3 Å². The van der Waals surface area contributed by atoms with Gasteiger partial charge in [0.2, 0.25) is 0 Å². The minimum atomic E-state index is -5.30. The third-order valence-electron chi connectivity index (χ3n) is 2.18. The van der Waals surface area contributed by atoms with Crippen LogP contribution in [0.25, 0.3) is 0 Å². The van der Waals surface area contributed by atoms with Gasteiger partial charge in [-0.25, -0.2) is 4.79 Å². The molecule has 2 N–H and O–H groups in total. The Morgan fingerprint density at radius 1 is 1.11 bits per heavy atom. The van der Waals surface area contributed by atoms with E-state index in [1.165, 1.54) is 0 Å². The Bertz CT molecular complexity index is 506. The number of alkyl halides is 6. The Morgan fingerprint density at radius 2 is 1.63 bits per heavy atom. The summed E-state index contributed by atoms with van der Waals surface area (Å²) in [5.74, 6) is -1.22. The van der Waals surface area contributed by atoms with Crippen molar-refractivity contribution in [3.63, 3.8) is 0 Å². The largest absolute Gasteiger partial charge is 0.465 e. The number of methoxy groups -OCH3 is 1. The molecular formula is C10H7F6NO2. The maximum Gasteiger partial charge on any atom is 0.418 e. The van der Waals surface area contributed by atoms with Crippen molar-refractivity contribution < 1.29 is 35.9 Å². The Kier molecular flexibility index (Phi) is 3.69. The Hall–Kier alpha value is -1.93. The molecule has 0 aromatic heterocycles. The molecule has 19 heavy (non-hydrogen) atoms. The first kappa shape index (κ1) is 15.1. The molecule has 0 aliphatic carbocycles. The molecule has 3 nitrogen and oxygen atoms in total. The van der Waals surface area contributed by atoms with E-state index in [0.29, 0.717) is 6.07 Å². The van der Waals surface area contributed by atoms with Crippen LogP contribution in [-0.4, -0.2) is 13.1 Å². The van der Waals surface area contributed by atoms with Crippen molar-refractivity contribution >= 4 is 11.7 Å². The molecule has 0 fully saturated rings. The number of esters is 1. The van der Waals surface area contributed by atoms with Gasteiger partial charge in [0.15, 0.2) is 0 Å². The summed E-state index contributed by atoms with van der Waals surface area (Å²) in [5.41, 5.74) is -0.978. The minimum Gasteiger partial charge on any atom is -0.465 e. The van der Waals surface area contributed by atoms with Gasteiger partial charge in [-0.05, 0) is 12.1 Å². The number of nitrogens with two attached hydrogens (primary N) is 1. The number of anilines is 1. The fourth-order valence-corrected chi connectivity index (χ4v) is 1.44. The third-order valence-corrected chi connectivity index (χ3v) is 2.18. The predicted octanol–water partition coefficient (Wildman–Crippen LogP) is 3.09. The van der Waals surface area contributed by atoms with Gasteiger partial charge in [0.25, 0.3) is 0 Å². The third kappa shape index (κ3) is 3.09. The number of halogens is 6. The van der Waals surface area contributed by atoms with Gasteiger partial charge in [-0.1, -0.05) is 0 Å². The Balaban J connectivity index is 3.63. The molecule has 0 bridgehead atoms. The van der Waals surface area contributed by atoms with Crippen LogP contribution in [0.2, 0.25) is 0 Å². The van der Waals surface area contributed by atoms with Crippen LogP contribution in [0.4, 0.5) is 32.0 Å². The lowest BCUT2D eigenvalue weighted by Crippen LogP contribution is -2.20. The number of carbonyl (C=O) groups is 1. The molecule has 0 saturated heterocycles. The summed E-state index contributed by atoms with van der Waals surface area (Å²) in [5, 5.41) is 0. The van der Waals surface area contributed by atoms with Gasteiger partial charge in [-0.15, -0.1) is 0 Å². The van der Waals surface area contributed by atoms with E-state index in [-0.39, 0.29) is 6.07 Å². The number of ether oxygens (including phenoxy) is 1. The Labute approximate surface area is 102 Å². The molecule has 0 unspecified atom stereocenters. The molecule has 0 aliphatic rings. The van der Waals surface area contributed by atoms with Crippen LogP contribution >= 0.6 is 0 Å². The summed E-state index contributed by atoms with van der Waals surface area (Å²) < 4.78 is 79.6. The number of hydrogen-bond acceptors (Lipinski definition) is 3. The fourth-order valence-electron chi connectivity index (χ4n) is 1.44. The van der Waals surface area contributed by atoms with E-state index >= 15 is 0 Å². The predicted molar refractivity (Wildman–Crippen MR) is 52.2 cm³/mol. The maximum absolute atomic E-state index is 12.6. The number of nitrogen functional groups attached to an aromatic ring is 1. The quantitative estimate of drug-likeness (QED) is 0.490. The van der Waals surface area contributed by atoms with Gasteiger partial charge < -0.3 is 10.5 Å². The second-order valence-corrected chi connectivity index (χ2v) is 3.48. The van der Waals surface area contributed by atoms with Crippen molar-refractivity contribution in [3.05, 3.63) is 28.8 Å². The zero-order valence-corrected chi connectivity index (χ0v) is 9.32. The van der Waals surface area contributed by atoms with Gasteiger partial charge in [0.1, 0.15) is 0 Å². The number of benzene rings is 1. The molecule has 0 atom stereocenters. The van der Waals surface area contributed by atoms with E-state index < -0.39 is 40.7 Å². The van der Waals surface area contributed by atoms with Crippen LogP contribution in [0.5, 0.6) is 0 Å². The van der Waals surface area contributed by atoms with Crippen LogP contribution < -0.4 is 5.73 Å². The summed E-state index contributed by atoms with van der Waals surface area (Å²) in [6.07, 6.45) is -10.6. The van der Waals surface area contributed by atoms with Crippen LogP contribution in [0, 0.1) is 0 Å². The molecule has 0 spiro atoms. The SMILES string of the molecule is COC(=O)c1cc(N)c(C(F)(F)F)c(C(F)(F)F)c1. The van der Waals surface area contributed by atoms with Crippen molar-refractivity contribution in [3.8, 4) is 0 Å². The monoisotopic (exact) mass is 287 g/mol. The van der Waals surface area contributed by atoms with Crippen molar-refractivity contribution in [1.82, 2.24) is 0 Å². The number of rotatable bonds is 1. The average molecular weight is 287 g/mol. The lowest BCUT2D eigenvalue weighted by molar-refractivity contribution is -0.161. The smallest absolute Gasteiger partial charge is 0.418 e. The minimum absolute atomic E-state index is 0.0605. The highest BCUT2D eigenvalue weighted by Gasteiger charge is 2.45. The summed E-state index contributed by atoms with van der Waals surface area (Å²) in [4.78, 5) is 11.1. The summed E-state index contributed by atoms with van der Waals surface area (Å²) in [6.45, 7) is 0. The first-order valence-electron chi connectivity index (χ1n) is 4.64. The van der Waals surface area contributed by atoms with E-state index in [1.807, 2.05) is 0 Å². The molecule has 106 valence electrons. The normalized spacial score (nSPS) is 12.4. The molecular weight excluding hydrogens is 280 g/mol. The van der Waals surface area contributed by atoms with E-state index in [0.717, 1.165) is 7.11 Å². The molecule has 0 aliphatic heterocycles. The van der Waals surface area contributed by atoms with Crippen molar-refractivity contribution in [2.45, 2.75) is 12.4 Å². The second kappa shape index (κ2) is 4.63. The molecule has 1 rings (SSSR count). The highest BCUT2D eigenvalue weighted by atomic mass is 19.4. The second-order valence-electron chi connectivity index (χ2n) is 3.48. The van der Waals surface area contributed by atoms with E-state index in [1.54, 1.807) is 0 Å². The molecule has 9 heteroatoms. The highest BCUT2D eigenvalue weighted by Crippen LogP contribution is 2.43. The topological polar surface area (TPSA) is 52.3 Å². The lowest BCUT2D eigenvalue weighted by Gasteiger charge is -2.18. The van der Waals surface area contributed by atoms with Crippen LogP contribution in [-0.2, 0) is 17.1 Å². The Morgan fingerprint density at radius 3 is 2.00 bits per heavy atom. The number of carbonyl (C=O) groups excluding carboxylic acids is 1. The van der Waals surface area contributed by atoms with E-state index in [4.69, 9.17) is 5.73 Å². The molecule has 0 saturated carbocycles. The van der Waals surface area contributed by atoms with E-state index in [9.17, 15) is 31.1 Å². The molecule has 1 aromatic carbocycles. The summed E-state index contributed by atoms with van der Waals surface area (Å²) in [7, 11) is 0.878. The fraction of sp³-hybridized carbons (Fsp3) is 0.300. The van der Waals surface area contributed by atoms with E-state index in [2.05, 4.69) is 4.74 Å². The molecule has 0 heterocycles. The zero-order valence-electron chi connectivity index (χ0n) is 9.32. The molecule has 1 aromatic rings. The van der Waals surface area contributed by atoms with Gasteiger partial charge >= 0.3 is 18.3 Å². The van der Waals surface area contributed by atoms with Crippen LogP contribution in [0.15, 0.2) is 12.1 Å². The molecule has 0 amide bonds. The standard InChI is InChI=1S/C10H7F6NO2/c1-19-8(18)4-2-5(9(11,12)13)7(6(17)3-4)10(14,15)16/h2-3H,17H2,1H3. The average Bonchev–Trinajstić information content (AvgIpc) is 2.23. The zero-order chi connectivity index (χ0) is 15.0. The highest BCUT2D eigenvalue weighted by molar-refractivity contribution is 5.91. The number of hydrogen-bond donors (Lipinski definition) is 1. The van der Waals surface area contributed by atoms with Crippen molar-refractivity contribution in [1.29, 1.82) is 0 Å². The maximum atomic E-state index is 12.6. The van der Waals surface area contributed by atoms with Crippen LogP contribution in [0.1, 0.15) is 21.5 Å². The van der Waals surface area contributed by atoms with Crippen molar-refractivity contribution in [2.24, 2.45) is 0 Å². The molecule has 0 radical (unpaired) electrons. The lowest BCUT2D eigenvalue weighted by atomic mass is 10.0. The summed E-state index contributed by atoms with van der Waals surface area (Å²) in [6, 6.07) is 0.551. The van der Waals surface area contributed by atoms with Crippen molar-refractivity contribution in [2.75, 3.05) is 12.8 Å². The first-order chi connectivity index (χ1) is 8.48. The van der Waals surface area contributed by atoms with Gasteiger partial charge in [0.05, 0.1) is 23.8 Å². The van der Waals surface area contributed by atoms with Gasteiger partial charge in [0, 0.05) is 5.69 Å².